The van der Waals surface area contributed by atoms with Crippen LogP contribution in [0.4, 0.5) is 4.39 Å². The predicted octanol–water partition coefficient (Wildman–Crippen LogP) is 5.68. The molecular weight excluding hydrogens is 373 g/mol. The first-order valence-electron chi connectivity index (χ1n) is 10.8. The molecule has 1 aliphatic heterocycles. The second-order valence-corrected chi connectivity index (χ2v) is 8.24. The second kappa shape index (κ2) is 9.55. The summed E-state index contributed by atoms with van der Waals surface area (Å²) in [6.07, 6.45) is 0.933. The summed E-state index contributed by atoms with van der Waals surface area (Å²) in [5.74, 6) is 0.162. The SMILES string of the molecule is CC(COC(c1ccccc1)(c1ccccc1)c1ccccc1)N1CCC(CF)C1. The largest absolute Gasteiger partial charge is 0.359 e. The summed E-state index contributed by atoms with van der Waals surface area (Å²) < 4.78 is 20.0. The van der Waals surface area contributed by atoms with Crippen molar-refractivity contribution in [3.63, 3.8) is 0 Å². The Hall–Kier alpha value is -2.49. The molecule has 1 fully saturated rings. The average Bonchev–Trinajstić information content (AvgIpc) is 3.31. The highest BCUT2D eigenvalue weighted by Gasteiger charge is 2.38. The summed E-state index contributed by atoms with van der Waals surface area (Å²) in [6, 6.07) is 31.5. The van der Waals surface area contributed by atoms with Gasteiger partial charge in [0, 0.05) is 18.5 Å². The molecular formula is C27H30FNO. The van der Waals surface area contributed by atoms with Gasteiger partial charge in [-0.05, 0) is 36.6 Å². The van der Waals surface area contributed by atoms with Gasteiger partial charge in [-0.1, -0.05) is 91.0 Å². The zero-order valence-corrected chi connectivity index (χ0v) is 17.6. The minimum absolute atomic E-state index is 0.162. The molecule has 0 radical (unpaired) electrons. The van der Waals surface area contributed by atoms with Crippen molar-refractivity contribution in [2.24, 2.45) is 5.92 Å². The third kappa shape index (κ3) is 4.19. The summed E-state index contributed by atoms with van der Waals surface area (Å²) in [6.45, 7) is 4.28. The maximum absolute atomic E-state index is 13.1. The van der Waals surface area contributed by atoms with Crippen molar-refractivity contribution in [3.8, 4) is 0 Å². The molecule has 0 bridgehead atoms. The lowest BCUT2D eigenvalue weighted by Crippen LogP contribution is -2.40. The normalized spacial score (nSPS) is 18.4. The van der Waals surface area contributed by atoms with Crippen molar-refractivity contribution in [2.75, 3.05) is 26.4 Å². The Bertz CT molecular complexity index is 803. The van der Waals surface area contributed by atoms with E-state index in [1.807, 2.05) is 18.2 Å². The third-order valence-corrected chi connectivity index (χ3v) is 6.24. The van der Waals surface area contributed by atoms with Crippen LogP contribution in [-0.2, 0) is 10.3 Å². The fraction of sp³-hybridized carbons (Fsp3) is 0.333. The van der Waals surface area contributed by atoms with Crippen LogP contribution in [0.25, 0.3) is 0 Å². The van der Waals surface area contributed by atoms with Crippen LogP contribution in [-0.4, -0.2) is 37.3 Å². The number of hydrogen-bond acceptors (Lipinski definition) is 2. The number of hydrogen-bond donors (Lipinski definition) is 0. The maximum atomic E-state index is 13.1. The van der Waals surface area contributed by atoms with Crippen molar-refractivity contribution in [3.05, 3.63) is 108 Å². The van der Waals surface area contributed by atoms with Gasteiger partial charge in [0.15, 0.2) is 0 Å². The number of rotatable bonds is 8. The molecule has 0 amide bonds. The average molecular weight is 404 g/mol. The number of halogens is 1. The van der Waals surface area contributed by atoms with E-state index in [0.29, 0.717) is 6.61 Å². The van der Waals surface area contributed by atoms with E-state index < -0.39 is 5.60 Å². The first-order chi connectivity index (χ1) is 14.7. The van der Waals surface area contributed by atoms with Crippen LogP contribution in [0.3, 0.4) is 0 Å². The summed E-state index contributed by atoms with van der Waals surface area (Å²) in [4.78, 5) is 2.36. The zero-order valence-electron chi connectivity index (χ0n) is 17.6. The molecule has 1 heterocycles. The van der Waals surface area contributed by atoms with E-state index in [0.717, 1.165) is 36.2 Å². The number of ether oxygens (including phenoxy) is 1. The molecule has 1 saturated heterocycles. The highest BCUT2D eigenvalue weighted by Crippen LogP contribution is 2.40. The second-order valence-electron chi connectivity index (χ2n) is 8.24. The zero-order chi connectivity index (χ0) is 20.8. The van der Waals surface area contributed by atoms with Gasteiger partial charge in [-0.25, -0.2) is 0 Å². The molecule has 0 saturated carbocycles. The Labute approximate surface area is 179 Å². The first kappa shape index (κ1) is 20.8. The van der Waals surface area contributed by atoms with Crippen LogP contribution in [0.5, 0.6) is 0 Å². The molecule has 0 aromatic heterocycles. The topological polar surface area (TPSA) is 12.5 Å². The Morgan fingerprint density at radius 3 is 1.73 bits per heavy atom. The van der Waals surface area contributed by atoms with Gasteiger partial charge in [-0.3, -0.25) is 9.29 Å². The van der Waals surface area contributed by atoms with Crippen LogP contribution in [0.15, 0.2) is 91.0 Å². The molecule has 3 aromatic rings. The fourth-order valence-corrected chi connectivity index (χ4v) is 4.51. The highest BCUT2D eigenvalue weighted by molar-refractivity contribution is 5.47. The Morgan fingerprint density at radius 2 is 1.33 bits per heavy atom. The van der Waals surface area contributed by atoms with Gasteiger partial charge >= 0.3 is 0 Å². The summed E-state index contributed by atoms with van der Waals surface area (Å²) in [5, 5.41) is 0. The van der Waals surface area contributed by atoms with Crippen LogP contribution in [0.1, 0.15) is 30.0 Å². The minimum Gasteiger partial charge on any atom is -0.359 e. The summed E-state index contributed by atoms with van der Waals surface area (Å²) in [7, 11) is 0. The molecule has 3 aromatic carbocycles. The molecule has 4 rings (SSSR count). The van der Waals surface area contributed by atoms with Crippen molar-refractivity contribution in [1.82, 2.24) is 4.90 Å². The van der Waals surface area contributed by atoms with Crippen molar-refractivity contribution in [1.29, 1.82) is 0 Å². The van der Waals surface area contributed by atoms with Crippen LogP contribution in [0, 0.1) is 5.92 Å². The summed E-state index contributed by atoms with van der Waals surface area (Å²) in [5.41, 5.74) is 2.63. The standard InChI is InChI=1S/C27H30FNO/c1-22(29-18-17-23(19-28)20-29)21-30-27(24-11-5-2-6-12-24,25-13-7-3-8-14-25)26-15-9-4-10-16-26/h2-16,22-23H,17-21H2,1H3. The van der Waals surface area contributed by atoms with E-state index >= 15 is 0 Å². The van der Waals surface area contributed by atoms with Gasteiger partial charge in [0.05, 0.1) is 13.3 Å². The van der Waals surface area contributed by atoms with Gasteiger partial charge in [0.2, 0.25) is 0 Å². The molecule has 2 atom stereocenters. The molecule has 30 heavy (non-hydrogen) atoms. The number of alkyl halides is 1. The lowest BCUT2D eigenvalue weighted by Gasteiger charge is -2.38. The molecule has 156 valence electrons. The highest BCUT2D eigenvalue weighted by atomic mass is 19.1. The lowest BCUT2D eigenvalue weighted by atomic mass is 9.80. The van der Waals surface area contributed by atoms with Crippen molar-refractivity contribution in [2.45, 2.75) is 25.0 Å². The first-order valence-corrected chi connectivity index (χ1v) is 10.8. The molecule has 0 aliphatic carbocycles. The van der Waals surface area contributed by atoms with Crippen LogP contribution in [0.2, 0.25) is 0 Å². The maximum Gasteiger partial charge on any atom is 0.143 e. The van der Waals surface area contributed by atoms with Gasteiger partial charge in [0.25, 0.3) is 0 Å². The quantitative estimate of drug-likeness (QED) is 0.449. The molecule has 2 unspecified atom stereocenters. The van der Waals surface area contributed by atoms with Gasteiger partial charge in [0.1, 0.15) is 5.60 Å². The van der Waals surface area contributed by atoms with Crippen molar-refractivity contribution < 1.29 is 9.13 Å². The summed E-state index contributed by atoms with van der Waals surface area (Å²) >= 11 is 0. The van der Waals surface area contributed by atoms with E-state index in [1.54, 1.807) is 0 Å². The van der Waals surface area contributed by atoms with Crippen LogP contribution >= 0.6 is 0 Å². The number of nitrogens with zero attached hydrogens (tertiary/aromatic N) is 1. The lowest BCUT2D eigenvalue weighted by molar-refractivity contribution is -0.0165. The fourth-order valence-electron chi connectivity index (χ4n) is 4.51. The van der Waals surface area contributed by atoms with E-state index in [9.17, 15) is 4.39 Å². The minimum atomic E-state index is -0.697. The number of likely N-dealkylation sites (tertiary alicyclic amines) is 1. The molecule has 1 aliphatic rings. The van der Waals surface area contributed by atoms with Crippen LogP contribution < -0.4 is 0 Å². The van der Waals surface area contributed by atoms with E-state index in [1.165, 1.54) is 0 Å². The molecule has 2 nitrogen and oxygen atoms in total. The van der Waals surface area contributed by atoms with Gasteiger partial charge in [-0.15, -0.1) is 0 Å². The number of benzene rings is 3. The Morgan fingerprint density at radius 1 is 0.867 bits per heavy atom. The van der Waals surface area contributed by atoms with E-state index in [-0.39, 0.29) is 18.6 Å². The third-order valence-electron chi connectivity index (χ3n) is 6.24. The molecule has 0 spiro atoms. The smallest absolute Gasteiger partial charge is 0.143 e. The predicted molar refractivity (Wildman–Crippen MR) is 120 cm³/mol. The van der Waals surface area contributed by atoms with Gasteiger partial charge in [-0.2, -0.15) is 0 Å². The molecule has 3 heteroatoms. The Kier molecular flexibility index (Phi) is 6.61. The molecule has 0 N–H and O–H groups in total. The van der Waals surface area contributed by atoms with E-state index in [4.69, 9.17) is 4.74 Å². The monoisotopic (exact) mass is 403 g/mol. The van der Waals surface area contributed by atoms with E-state index in [2.05, 4.69) is 84.6 Å². The Balaban J connectivity index is 1.72. The van der Waals surface area contributed by atoms with Crippen molar-refractivity contribution >= 4 is 0 Å². The van der Waals surface area contributed by atoms with Gasteiger partial charge < -0.3 is 4.74 Å².